The van der Waals surface area contributed by atoms with E-state index in [1.165, 1.54) is 39.0 Å². The van der Waals surface area contributed by atoms with Gasteiger partial charge in [0, 0.05) is 33.2 Å². The summed E-state index contributed by atoms with van der Waals surface area (Å²) in [6, 6.07) is 62.0. The zero-order chi connectivity index (χ0) is 38.0. The minimum atomic E-state index is -0.581. The van der Waals surface area contributed by atoms with E-state index in [0.717, 1.165) is 45.7 Å². The Morgan fingerprint density at radius 1 is 0.456 bits per heavy atom. The first-order valence-electron chi connectivity index (χ1n) is 19.6. The van der Waals surface area contributed by atoms with E-state index < -0.39 is 5.41 Å². The number of fused-ring (bicyclic) bond motifs is 9. The van der Waals surface area contributed by atoms with Gasteiger partial charge in [0.25, 0.3) is 0 Å². The van der Waals surface area contributed by atoms with Crippen molar-refractivity contribution in [1.29, 1.82) is 0 Å². The van der Waals surface area contributed by atoms with E-state index in [4.69, 9.17) is 19.7 Å². The van der Waals surface area contributed by atoms with Crippen LogP contribution in [0, 0.1) is 0 Å². The van der Waals surface area contributed by atoms with Gasteiger partial charge in [-0.3, -0.25) is 0 Å². The molecule has 270 valence electrons. The molecule has 2 aliphatic carbocycles. The molecule has 11 rings (SSSR count). The molecular formula is C53H37N3O. The summed E-state index contributed by atoms with van der Waals surface area (Å²) in [6.45, 7) is 2.31. The van der Waals surface area contributed by atoms with E-state index in [0.29, 0.717) is 17.5 Å². The van der Waals surface area contributed by atoms with Crippen molar-refractivity contribution in [1.82, 2.24) is 15.0 Å². The number of nitrogens with zero attached hydrogens (tertiary/aromatic N) is 3. The number of aromatic nitrogens is 3. The van der Waals surface area contributed by atoms with Crippen LogP contribution in [0.2, 0.25) is 0 Å². The Kier molecular flexibility index (Phi) is 7.55. The number of hydrogen-bond donors (Lipinski definition) is 0. The van der Waals surface area contributed by atoms with Crippen LogP contribution in [0.25, 0.3) is 50.9 Å². The maximum Gasteiger partial charge on any atom is 0.164 e. The second-order valence-corrected chi connectivity index (χ2v) is 15.4. The lowest BCUT2D eigenvalue weighted by molar-refractivity contribution is 0.436. The summed E-state index contributed by atoms with van der Waals surface area (Å²) in [6.07, 6.45) is 7.87. The lowest BCUT2D eigenvalue weighted by Crippen LogP contribution is -2.32. The first-order chi connectivity index (χ1) is 28.1. The van der Waals surface area contributed by atoms with Crippen LogP contribution in [0.3, 0.4) is 0 Å². The highest BCUT2D eigenvalue weighted by atomic mass is 16.5. The van der Waals surface area contributed by atoms with Gasteiger partial charge in [-0.1, -0.05) is 183 Å². The smallest absolute Gasteiger partial charge is 0.164 e. The molecule has 57 heavy (non-hydrogen) atoms. The normalized spacial score (nSPS) is 16.8. The number of allylic oxidation sites excluding steroid dienone is 4. The quantitative estimate of drug-likeness (QED) is 0.177. The SMILES string of the molecule is CC1(c2ccc(-c3nc(-c4ccccc4)nc(-c4ccc5c(c4)C4(c6ccccc6Oc6ccccc64)c4ccccc4-5)n3)cc2)C=CC(c2ccccc2)=CC1. The molecule has 0 saturated heterocycles. The third-order valence-corrected chi connectivity index (χ3v) is 12.1. The van der Waals surface area contributed by atoms with E-state index in [2.05, 4.69) is 171 Å². The summed E-state index contributed by atoms with van der Waals surface area (Å²) >= 11 is 0. The fraction of sp³-hybridized carbons (Fsp3) is 0.0755. The van der Waals surface area contributed by atoms with Gasteiger partial charge < -0.3 is 4.74 Å². The Bertz CT molecular complexity index is 2870. The molecule has 0 amide bonds. The summed E-state index contributed by atoms with van der Waals surface area (Å²) in [5.41, 5.74) is 13.0. The first kappa shape index (κ1) is 33.2. The minimum absolute atomic E-state index is 0.115. The van der Waals surface area contributed by atoms with E-state index in [1.807, 2.05) is 30.3 Å². The fourth-order valence-corrected chi connectivity index (χ4v) is 9.13. The van der Waals surface area contributed by atoms with Crippen molar-refractivity contribution in [2.24, 2.45) is 0 Å². The average molecular weight is 732 g/mol. The van der Waals surface area contributed by atoms with Crippen molar-refractivity contribution in [3.8, 4) is 56.8 Å². The van der Waals surface area contributed by atoms with E-state index >= 15 is 0 Å². The van der Waals surface area contributed by atoms with Crippen molar-refractivity contribution >= 4 is 5.57 Å². The van der Waals surface area contributed by atoms with Crippen molar-refractivity contribution < 1.29 is 4.74 Å². The third kappa shape index (κ3) is 5.25. The second-order valence-electron chi connectivity index (χ2n) is 15.4. The highest BCUT2D eigenvalue weighted by Crippen LogP contribution is 2.62. The Morgan fingerprint density at radius 3 is 1.60 bits per heavy atom. The predicted molar refractivity (Wildman–Crippen MR) is 229 cm³/mol. The summed E-state index contributed by atoms with van der Waals surface area (Å²) in [7, 11) is 0. The number of benzene rings is 7. The van der Waals surface area contributed by atoms with Gasteiger partial charge in [0.15, 0.2) is 17.5 Å². The molecule has 1 unspecified atom stereocenters. The van der Waals surface area contributed by atoms with Crippen LogP contribution in [-0.2, 0) is 10.8 Å². The maximum absolute atomic E-state index is 6.58. The van der Waals surface area contributed by atoms with Crippen LogP contribution in [0.4, 0.5) is 0 Å². The van der Waals surface area contributed by atoms with E-state index in [-0.39, 0.29) is 5.41 Å². The van der Waals surface area contributed by atoms with Crippen molar-refractivity contribution in [2.45, 2.75) is 24.2 Å². The summed E-state index contributed by atoms with van der Waals surface area (Å²) in [5.74, 6) is 3.65. The Morgan fingerprint density at radius 2 is 0.965 bits per heavy atom. The zero-order valence-corrected chi connectivity index (χ0v) is 31.4. The molecule has 1 aliphatic heterocycles. The molecule has 4 heteroatoms. The standard InChI is InChI=1S/C53H37N3O/c1-52(32-30-36(31-33-52)35-14-4-2-5-15-35)40-27-24-38(25-28-40)50-54-49(37-16-6-3-7-17-37)55-51(56-50)39-26-29-42-41-18-8-9-19-43(41)53(46(42)34-39)44-20-10-12-22-47(44)57-48-23-13-11-21-45(48)53/h2-32,34H,33H2,1H3. The Labute approximate surface area is 332 Å². The lowest BCUT2D eigenvalue weighted by atomic mass is 9.66. The van der Waals surface area contributed by atoms with Gasteiger partial charge in [-0.15, -0.1) is 0 Å². The van der Waals surface area contributed by atoms with Gasteiger partial charge in [-0.2, -0.15) is 0 Å². The molecule has 0 radical (unpaired) electrons. The topological polar surface area (TPSA) is 47.9 Å². The molecule has 0 bridgehead atoms. The van der Waals surface area contributed by atoms with Crippen LogP contribution in [0.5, 0.6) is 11.5 Å². The lowest BCUT2D eigenvalue weighted by Gasteiger charge is -2.39. The van der Waals surface area contributed by atoms with Crippen molar-refractivity contribution in [3.63, 3.8) is 0 Å². The highest BCUT2D eigenvalue weighted by Gasteiger charge is 2.51. The van der Waals surface area contributed by atoms with Crippen molar-refractivity contribution in [3.05, 3.63) is 228 Å². The van der Waals surface area contributed by atoms with Gasteiger partial charge >= 0.3 is 0 Å². The van der Waals surface area contributed by atoms with Crippen LogP contribution < -0.4 is 4.74 Å². The number of hydrogen-bond acceptors (Lipinski definition) is 4. The number of ether oxygens (including phenoxy) is 1. The van der Waals surface area contributed by atoms with Gasteiger partial charge in [0.05, 0.1) is 5.41 Å². The average Bonchev–Trinajstić information content (AvgIpc) is 3.57. The Balaban J connectivity index is 1.04. The molecule has 0 fully saturated rings. The van der Waals surface area contributed by atoms with Crippen LogP contribution >= 0.6 is 0 Å². The molecular weight excluding hydrogens is 695 g/mol. The minimum Gasteiger partial charge on any atom is -0.457 e. The summed E-state index contributed by atoms with van der Waals surface area (Å²) < 4.78 is 6.58. The van der Waals surface area contributed by atoms with Gasteiger partial charge in [-0.25, -0.2) is 15.0 Å². The molecule has 1 atom stereocenters. The Hall–Kier alpha value is -7.17. The monoisotopic (exact) mass is 731 g/mol. The predicted octanol–water partition coefficient (Wildman–Crippen LogP) is 12.6. The number of rotatable bonds is 5. The summed E-state index contributed by atoms with van der Waals surface area (Å²) in [5, 5.41) is 0. The molecule has 4 nitrogen and oxygen atoms in total. The number of para-hydroxylation sites is 2. The molecule has 1 spiro atoms. The molecule has 8 aromatic rings. The molecule has 0 saturated carbocycles. The second kappa shape index (κ2) is 13.0. The van der Waals surface area contributed by atoms with Crippen molar-refractivity contribution in [2.75, 3.05) is 0 Å². The fourth-order valence-electron chi connectivity index (χ4n) is 9.13. The summed E-state index contributed by atoms with van der Waals surface area (Å²) in [4.78, 5) is 15.5. The maximum atomic E-state index is 6.58. The van der Waals surface area contributed by atoms with Gasteiger partial charge in [-0.05, 0) is 63.6 Å². The van der Waals surface area contributed by atoms with E-state index in [1.54, 1.807) is 0 Å². The largest absolute Gasteiger partial charge is 0.457 e. The molecule has 3 aliphatic rings. The van der Waals surface area contributed by atoms with Gasteiger partial charge in [0.2, 0.25) is 0 Å². The molecule has 1 aromatic heterocycles. The molecule has 0 N–H and O–H groups in total. The molecule has 7 aromatic carbocycles. The van der Waals surface area contributed by atoms with Crippen LogP contribution in [0.1, 0.15) is 46.7 Å². The molecule has 2 heterocycles. The highest BCUT2D eigenvalue weighted by molar-refractivity contribution is 5.90. The van der Waals surface area contributed by atoms with Gasteiger partial charge in [0.1, 0.15) is 11.5 Å². The first-order valence-corrected chi connectivity index (χ1v) is 19.6. The third-order valence-electron chi connectivity index (χ3n) is 12.1. The zero-order valence-electron chi connectivity index (χ0n) is 31.4. The van der Waals surface area contributed by atoms with Crippen LogP contribution in [-0.4, -0.2) is 15.0 Å². The van der Waals surface area contributed by atoms with Crippen LogP contribution in [0.15, 0.2) is 194 Å². The van der Waals surface area contributed by atoms with E-state index in [9.17, 15) is 0 Å².